The van der Waals surface area contributed by atoms with Crippen molar-refractivity contribution in [1.29, 1.82) is 0 Å². The number of hydrogen-bond acceptors (Lipinski definition) is 3. The van der Waals surface area contributed by atoms with E-state index in [1.165, 1.54) is 4.90 Å². The SMILES string of the molecule is CC[C@@H]1CN2C(=O)N(c3ccc(F)cc3C(F)(F)F)C[C@@H]2CN1C(=O)OC(C)(C)C. The summed E-state index contributed by atoms with van der Waals surface area (Å²) < 4.78 is 59.2. The molecule has 2 aliphatic rings. The number of nitrogens with zero attached hydrogens (tertiary/aromatic N) is 3. The van der Waals surface area contributed by atoms with Gasteiger partial charge in [0.15, 0.2) is 0 Å². The van der Waals surface area contributed by atoms with E-state index in [0.29, 0.717) is 12.5 Å². The van der Waals surface area contributed by atoms with E-state index < -0.39 is 41.3 Å². The summed E-state index contributed by atoms with van der Waals surface area (Å²) in [6.45, 7) is 7.41. The molecule has 0 unspecified atom stereocenters. The van der Waals surface area contributed by atoms with Crippen molar-refractivity contribution in [3.05, 3.63) is 29.6 Å². The first-order valence-electron chi connectivity index (χ1n) is 9.76. The zero-order valence-electron chi connectivity index (χ0n) is 17.3. The highest BCUT2D eigenvalue weighted by atomic mass is 19.4. The van der Waals surface area contributed by atoms with E-state index >= 15 is 0 Å². The van der Waals surface area contributed by atoms with E-state index in [0.717, 1.165) is 17.0 Å². The van der Waals surface area contributed by atoms with Gasteiger partial charge in [-0.3, -0.25) is 4.90 Å². The minimum Gasteiger partial charge on any atom is -0.444 e. The number of halogens is 4. The lowest BCUT2D eigenvalue weighted by molar-refractivity contribution is -0.137. The summed E-state index contributed by atoms with van der Waals surface area (Å²) in [7, 11) is 0. The molecule has 3 amide bonds. The Hall–Kier alpha value is -2.52. The zero-order valence-corrected chi connectivity index (χ0v) is 17.3. The number of anilines is 1. The summed E-state index contributed by atoms with van der Waals surface area (Å²) in [5, 5.41) is 0. The minimum atomic E-state index is -4.81. The molecule has 2 aliphatic heterocycles. The molecule has 2 atom stereocenters. The van der Waals surface area contributed by atoms with Crippen molar-refractivity contribution in [3.8, 4) is 0 Å². The van der Waals surface area contributed by atoms with Crippen LogP contribution in [0.2, 0.25) is 0 Å². The van der Waals surface area contributed by atoms with Gasteiger partial charge in [-0.1, -0.05) is 6.92 Å². The molecule has 2 heterocycles. The molecule has 2 fully saturated rings. The van der Waals surface area contributed by atoms with Crippen LogP contribution in [0.1, 0.15) is 39.7 Å². The van der Waals surface area contributed by atoms with Crippen molar-refractivity contribution in [2.45, 2.75) is 58.0 Å². The topological polar surface area (TPSA) is 53.1 Å². The third kappa shape index (κ3) is 4.32. The lowest BCUT2D eigenvalue weighted by atomic mass is 10.1. The van der Waals surface area contributed by atoms with Gasteiger partial charge in [0.2, 0.25) is 0 Å². The van der Waals surface area contributed by atoms with Crippen molar-refractivity contribution < 1.29 is 31.9 Å². The Morgan fingerprint density at radius 3 is 2.40 bits per heavy atom. The normalized spacial score (nSPS) is 22.4. The van der Waals surface area contributed by atoms with E-state index in [4.69, 9.17) is 4.74 Å². The van der Waals surface area contributed by atoms with Gasteiger partial charge in [0.25, 0.3) is 0 Å². The van der Waals surface area contributed by atoms with Crippen molar-refractivity contribution in [2.75, 3.05) is 24.5 Å². The molecular formula is C20H25F4N3O3. The molecule has 3 rings (SSSR count). The number of alkyl halides is 3. The first-order valence-corrected chi connectivity index (χ1v) is 9.76. The molecule has 0 radical (unpaired) electrons. The number of amides is 3. The molecule has 166 valence electrons. The molecule has 0 N–H and O–H groups in total. The molecule has 0 aliphatic carbocycles. The Kier molecular flexibility index (Phi) is 5.64. The van der Waals surface area contributed by atoms with Crippen LogP contribution in [0, 0.1) is 5.82 Å². The average molecular weight is 431 g/mol. The maximum Gasteiger partial charge on any atom is 0.418 e. The van der Waals surface area contributed by atoms with Crippen molar-refractivity contribution >= 4 is 17.8 Å². The third-order valence-electron chi connectivity index (χ3n) is 5.22. The molecule has 0 bridgehead atoms. The monoisotopic (exact) mass is 431 g/mol. The smallest absolute Gasteiger partial charge is 0.418 e. The number of rotatable bonds is 2. The number of urea groups is 1. The second kappa shape index (κ2) is 7.63. The lowest BCUT2D eigenvalue weighted by Crippen LogP contribution is -2.59. The molecule has 30 heavy (non-hydrogen) atoms. The van der Waals surface area contributed by atoms with E-state index in [2.05, 4.69) is 0 Å². The lowest BCUT2D eigenvalue weighted by Gasteiger charge is -2.42. The number of piperazine rings is 1. The summed E-state index contributed by atoms with van der Waals surface area (Å²) in [6, 6.07) is 0.879. The third-order valence-corrected chi connectivity index (χ3v) is 5.22. The first kappa shape index (κ1) is 22.2. The Morgan fingerprint density at radius 1 is 1.17 bits per heavy atom. The van der Waals surface area contributed by atoms with Crippen LogP contribution in [0.15, 0.2) is 18.2 Å². The Morgan fingerprint density at radius 2 is 1.83 bits per heavy atom. The average Bonchev–Trinajstić information content (AvgIpc) is 2.94. The van der Waals surface area contributed by atoms with Crippen LogP contribution in [0.25, 0.3) is 0 Å². The molecule has 1 aromatic carbocycles. The van der Waals surface area contributed by atoms with E-state index in [9.17, 15) is 27.2 Å². The van der Waals surface area contributed by atoms with Crippen molar-refractivity contribution in [3.63, 3.8) is 0 Å². The highest BCUT2D eigenvalue weighted by Gasteiger charge is 2.48. The molecule has 2 saturated heterocycles. The molecule has 0 saturated carbocycles. The van der Waals surface area contributed by atoms with Crippen molar-refractivity contribution in [1.82, 2.24) is 9.80 Å². The maximum absolute atomic E-state index is 13.5. The second-order valence-corrected chi connectivity index (χ2v) is 8.55. The number of fused-ring (bicyclic) bond motifs is 1. The summed E-state index contributed by atoms with van der Waals surface area (Å²) in [4.78, 5) is 29.6. The van der Waals surface area contributed by atoms with Crippen LogP contribution in [0.4, 0.5) is 32.8 Å². The summed E-state index contributed by atoms with van der Waals surface area (Å²) in [5.41, 5.74) is -2.29. The molecule has 6 nitrogen and oxygen atoms in total. The van der Waals surface area contributed by atoms with Gasteiger partial charge in [-0.05, 0) is 45.4 Å². The molecule has 0 aromatic heterocycles. The van der Waals surface area contributed by atoms with Gasteiger partial charge < -0.3 is 14.5 Å². The fraction of sp³-hybridized carbons (Fsp3) is 0.600. The largest absolute Gasteiger partial charge is 0.444 e. The Balaban J connectivity index is 1.88. The predicted octanol–water partition coefficient (Wildman–Crippen LogP) is 4.48. The molecule has 10 heteroatoms. The van der Waals surface area contributed by atoms with Gasteiger partial charge >= 0.3 is 18.3 Å². The van der Waals surface area contributed by atoms with Crippen LogP contribution in [-0.2, 0) is 10.9 Å². The Labute approximate surface area is 172 Å². The quantitative estimate of drug-likeness (QED) is 0.649. The highest BCUT2D eigenvalue weighted by molar-refractivity contribution is 5.96. The first-order chi connectivity index (χ1) is 13.8. The van der Waals surface area contributed by atoms with E-state index in [1.54, 1.807) is 25.7 Å². The standard InChI is InChI=1S/C20H25F4N3O3/c1-5-13-9-25-14(10-26(13)18(29)30-19(2,3)4)11-27(17(25)28)16-7-6-12(21)8-15(16)20(22,23)24/h6-8,13-14H,5,9-11H2,1-4H3/t13-,14+/m1/s1. The predicted molar refractivity (Wildman–Crippen MR) is 102 cm³/mol. The van der Waals surface area contributed by atoms with Crippen LogP contribution in [-0.4, -0.2) is 59.2 Å². The van der Waals surface area contributed by atoms with Crippen LogP contribution < -0.4 is 4.90 Å². The van der Waals surface area contributed by atoms with Crippen molar-refractivity contribution in [2.24, 2.45) is 0 Å². The number of hydrogen-bond donors (Lipinski definition) is 0. The second-order valence-electron chi connectivity index (χ2n) is 8.55. The van der Waals surface area contributed by atoms with Gasteiger partial charge in [0, 0.05) is 19.6 Å². The summed E-state index contributed by atoms with van der Waals surface area (Å²) in [6.07, 6.45) is -4.77. The van der Waals surface area contributed by atoms with Gasteiger partial charge in [-0.15, -0.1) is 0 Å². The molecule has 1 aromatic rings. The fourth-order valence-corrected chi connectivity index (χ4v) is 3.85. The van der Waals surface area contributed by atoms with Gasteiger partial charge in [0.1, 0.15) is 11.4 Å². The summed E-state index contributed by atoms with van der Waals surface area (Å²) in [5.74, 6) is -1.03. The number of benzene rings is 1. The van der Waals surface area contributed by atoms with Gasteiger partial charge in [-0.25, -0.2) is 14.0 Å². The summed E-state index contributed by atoms with van der Waals surface area (Å²) >= 11 is 0. The number of carbonyl (C=O) groups is 2. The minimum absolute atomic E-state index is 0.0384. The van der Waals surface area contributed by atoms with Crippen LogP contribution in [0.3, 0.4) is 0 Å². The van der Waals surface area contributed by atoms with Crippen LogP contribution in [0.5, 0.6) is 0 Å². The Bertz CT molecular complexity index is 838. The molecule has 0 spiro atoms. The zero-order chi connectivity index (χ0) is 22.4. The van der Waals surface area contributed by atoms with E-state index in [1.807, 2.05) is 6.92 Å². The molecular weight excluding hydrogens is 406 g/mol. The number of carbonyl (C=O) groups excluding carboxylic acids is 2. The van der Waals surface area contributed by atoms with E-state index in [-0.39, 0.29) is 31.4 Å². The van der Waals surface area contributed by atoms with Gasteiger partial charge in [-0.2, -0.15) is 13.2 Å². The van der Waals surface area contributed by atoms with Crippen LogP contribution >= 0.6 is 0 Å². The highest BCUT2D eigenvalue weighted by Crippen LogP contribution is 2.39. The fourth-order valence-electron chi connectivity index (χ4n) is 3.85. The maximum atomic E-state index is 13.5. The van der Waals surface area contributed by atoms with Gasteiger partial charge in [0.05, 0.1) is 23.3 Å². The number of ether oxygens (including phenoxy) is 1.